The Morgan fingerprint density at radius 2 is 1.73 bits per heavy atom. The Hall–Kier alpha value is 0.655. The van der Waals surface area contributed by atoms with Crippen molar-refractivity contribution in [1.29, 1.82) is 0 Å². The summed E-state index contributed by atoms with van der Waals surface area (Å²) >= 11 is 6.12. The topological polar surface area (TPSA) is 0 Å². The predicted molar refractivity (Wildman–Crippen MR) is 57.2 cm³/mol. The van der Waals surface area contributed by atoms with Crippen molar-refractivity contribution in [2.75, 3.05) is 0 Å². The zero-order valence-corrected chi connectivity index (χ0v) is 9.63. The van der Waals surface area contributed by atoms with Crippen LogP contribution in [0, 0.1) is 5.41 Å². The molecule has 0 aromatic rings. The first-order valence-corrected chi connectivity index (χ1v) is 4.90. The molecule has 0 unspecified atom stereocenters. The van der Waals surface area contributed by atoms with Crippen molar-refractivity contribution in [2.45, 2.75) is 45.3 Å². The third kappa shape index (κ3) is 7.03. The van der Waals surface area contributed by atoms with Gasteiger partial charge in [-0.2, -0.15) is 0 Å². The monoisotopic (exact) mass is 190 g/mol. The van der Waals surface area contributed by atoms with Crippen LogP contribution in [0.2, 0.25) is 6.32 Å². The van der Waals surface area contributed by atoms with Gasteiger partial charge in [-0.05, 0) is 0 Å². The maximum atomic E-state index is 6.12. The number of rotatable bonds is 4. The Kier molecular flexibility index (Phi) is 4.29. The van der Waals surface area contributed by atoms with Crippen molar-refractivity contribution >= 4 is 26.9 Å². The van der Waals surface area contributed by atoms with Crippen LogP contribution >= 0.6 is 20.3 Å². The second-order valence-electron chi connectivity index (χ2n) is 4.47. The summed E-state index contributed by atoms with van der Waals surface area (Å²) in [5.41, 5.74) is 0.299. The van der Waals surface area contributed by atoms with Gasteiger partial charge in [0.05, 0.1) is 0 Å². The number of hydrogen-bond acceptors (Lipinski definition) is 0. The van der Waals surface area contributed by atoms with Gasteiger partial charge in [-0.1, -0.05) is 0 Å². The van der Waals surface area contributed by atoms with E-state index in [1.165, 1.54) is 0 Å². The molecule has 0 atom stereocenters. The molecule has 0 aliphatic rings. The van der Waals surface area contributed by atoms with Gasteiger partial charge >= 0.3 is 77.7 Å². The number of hydrogen-bond donors (Lipinski definition) is 0. The van der Waals surface area contributed by atoms with Gasteiger partial charge < -0.3 is 0 Å². The molecule has 0 amide bonds. The molecule has 0 aromatic heterocycles. The first-order chi connectivity index (χ1) is 4.77. The van der Waals surface area contributed by atoms with Gasteiger partial charge in [-0.3, -0.25) is 0 Å². The van der Waals surface area contributed by atoms with Crippen LogP contribution in [-0.4, -0.2) is 11.5 Å². The summed E-state index contributed by atoms with van der Waals surface area (Å²) in [5.74, 6) is 0. The fourth-order valence-corrected chi connectivity index (χ4v) is 2.40. The minimum atomic E-state index is -0.0846. The van der Waals surface area contributed by atoms with E-state index >= 15 is 0 Å². The Morgan fingerprint density at radius 1 is 1.27 bits per heavy atom. The Labute approximate surface area is 78.1 Å². The van der Waals surface area contributed by atoms with Crippen molar-refractivity contribution < 1.29 is 0 Å². The summed E-state index contributed by atoms with van der Waals surface area (Å²) in [6.07, 6.45) is 2.09. The third-order valence-electron chi connectivity index (χ3n) is 1.55. The zero-order chi connectivity index (χ0) is 9.12. The predicted octanol–water partition coefficient (Wildman–Crippen LogP) is 3.60. The molecule has 0 spiro atoms. The first kappa shape index (κ1) is 11.7. The molecule has 11 heavy (non-hydrogen) atoms. The van der Waals surface area contributed by atoms with Crippen LogP contribution in [0.4, 0.5) is 0 Å². The van der Waals surface area contributed by atoms with Crippen molar-refractivity contribution in [3.05, 3.63) is 0 Å². The van der Waals surface area contributed by atoms with Crippen LogP contribution in [0.25, 0.3) is 0 Å². The van der Waals surface area contributed by atoms with E-state index in [9.17, 15) is 0 Å². The van der Waals surface area contributed by atoms with E-state index in [0.29, 0.717) is 5.41 Å². The van der Waals surface area contributed by atoms with E-state index < -0.39 is 0 Å². The van der Waals surface area contributed by atoms with Gasteiger partial charge in [0, 0.05) is 0 Å². The first-order valence-electron chi connectivity index (χ1n) is 3.95. The molecule has 0 rings (SSSR count). The maximum absolute atomic E-state index is 6.12. The van der Waals surface area contributed by atoms with Gasteiger partial charge in [-0.15, -0.1) is 0 Å². The minimum absolute atomic E-state index is 0.0846. The molecule has 3 heteroatoms. The second kappa shape index (κ2) is 4.05. The molecule has 0 radical (unpaired) electrons. The van der Waals surface area contributed by atoms with Crippen LogP contribution in [0.3, 0.4) is 0 Å². The summed E-state index contributed by atoms with van der Waals surface area (Å²) in [7, 11) is 3.37. The van der Waals surface area contributed by atoms with Gasteiger partial charge in [0.15, 0.2) is 0 Å². The fourth-order valence-electron chi connectivity index (χ4n) is 1.49. The van der Waals surface area contributed by atoms with Crippen molar-refractivity contribution in [3.8, 4) is 0 Å². The van der Waals surface area contributed by atoms with Crippen molar-refractivity contribution in [2.24, 2.45) is 5.41 Å². The summed E-state index contributed by atoms with van der Waals surface area (Å²) < 4.78 is 0. The van der Waals surface area contributed by atoms with Crippen LogP contribution < -0.4 is 0 Å². The summed E-state index contributed by atoms with van der Waals surface area (Å²) in [4.78, 5) is -0.0846. The summed E-state index contributed by atoms with van der Waals surface area (Å²) in [6, 6.07) is 0. The van der Waals surface area contributed by atoms with Crippen molar-refractivity contribution in [3.63, 3.8) is 0 Å². The normalized spacial score (nSPS) is 12.8. The number of halogens is 1. The average Bonchev–Trinajstić information content (AvgIpc) is 1.55. The molecular formula is C8H17BClP. The van der Waals surface area contributed by atoms with E-state index in [0.717, 1.165) is 12.7 Å². The summed E-state index contributed by atoms with van der Waals surface area (Å²) in [6.45, 7) is 10.6. The molecule has 0 N–H and O–H groups in total. The summed E-state index contributed by atoms with van der Waals surface area (Å²) in [5, 5.41) is 0. The Bertz CT molecular complexity index is 138. The Balaban J connectivity index is 4.00. The van der Waals surface area contributed by atoms with Crippen LogP contribution in [0.15, 0.2) is 0 Å². The van der Waals surface area contributed by atoms with E-state index in [-0.39, 0.29) is 4.87 Å². The van der Waals surface area contributed by atoms with Crippen LogP contribution in [0.5, 0.6) is 0 Å². The molecule has 0 heterocycles. The van der Waals surface area contributed by atoms with E-state index in [1.807, 2.05) is 6.62 Å². The average molecular weight is 190 g/mol. The number of alkyl halides is 1. The van der Waals surface area contributed by atoms with E-state index in [1.54, 1.807) is 0 Å². The van der Waals surface area contributed by atoms with Gasteiger partial charge in [0.1, 0.15) is 0 Å². The molecule has 0 aliphatic heterocycles. The second-order valence-corrected chi connectivity index (χ2v) is 5.90. The molecule has 0 saturated heterocycles. The molecular weight excluding hydrogens is 173 g/mol. The van der Waals surface area contributed by atoms with Crippen molar-refractivity contribution in [1.82, 2.24) is 0 Å². The van der Waals surface area contributed by atoms with Crippen LogP contribution in [0.1, 0.15) is 34.1 Å². The Morgan fingerprint density at radius 3 is 2.00 bits per heavy atom. The molecule has 0 aromatic carbocycles. The molecule has 0 bridgehead atoms. The van der Waals surface area contributed by atoms with Gasteiger partial charge in [0.25, 0.3) is 0 Å². The SMILES string of the molecule is CC(C)(Cl)CC(C)(C)CB=P. The fraction of sp³-hybridized carbons (Fsp3) is 1.00. The molecule has 64 valence electrons. The molecule has 0 aliphatic carbocycles. The molecule has 0 nitrogen and oxygen atoms in total. The zero-order valence-electron chi connectivity index (χ0n) is 7.87. The molecule has 0 saturated carbocycles. The van der Waals surface area contributed by atoms with Gasteiger partial charge in [-0.25, -0.2) is 0 Å². The standard InChI is InChI=1S/C8H17BClP/c1-7(2,6-9-11)5-8(3,4)10/h11H,5-6H2,1-4H3. The van der Waals surface area contributed by atoms with Crippen LogP contribution in [-0.2, 0) is 0 Å². The third-order valence-corrected chi connectivity index (χ3v) is 1.89. The van der Waals surface area contributed by atoms with E-state index in [4.69, 9.17) is 11.6 Å². The molecule has 0 fully saturated rings. The van der Waals surface area contributed by atoms with Gasteiger partial charge in [0.2, 0.25) is 0 Å². The van der Waals surface area contributed by atoms with E-state index in [2.05, 4.69) is 36.4 Å². The quantitative estimate of drug-likeness (QED) is 0.361.